The standard InChI is InChI=1S/C17H19N3O3/c1-12-7-8-13(17(22)23)10-19(12)16(21)14-9-18-20(11-14)15-5-3-2-4-6-15/h2-6,9,11-13H,7-8,10H2,1H3,(H,22,23). The van der Waals surface area contributed by atoms with Crippen molar-refractivity contribution in [2.45, 2.75) is 25.8 Å². The third-order valence-electron chi connectivity index (χ3n) is 4.34. The molecule has 0 radical (unpaired) electrons. The Morgan fingerprint density at radius 2 is 1.96 bits per heavy atom. The number of likely N-dealkylation sites (tertiary alicyclic amines) is 1. The van der Waals surface area contributed by atoms with E-state index in [0.29, 0.717) is 18.4 Å². The van der Waals surface area contributed by atoms with Crippen LogP contribution in [0.5, 0.6) is 0 Å². The van der Waals surface area contributed by atoms with Crippen molar-refractivity contribution in [3.8, 4) is 5.69 Å². The number of hydrogen-bond acceptors (Lipinski definition) is 3. The topological polar surface area (TPSA) is 75.4 Å². The normalized spacial score (nSPS) is 21.2. The minimum absolute atomic E-state index is 0.0400. The lowest BCUT2D eigenvalue weighted by molar-refractivity contribution is -0.143. The van der Waals surface area contributed by atoms with Crippen molar-refractivity contribution in [3.05, 3.63) is 48.3 Å². The molecular weight excluding hydrogens is 294 g/mol. The molecule has 2 atom stereocenters. The van der Waals surface area contributed by atoms with E-state index in [1.54, 1.807) is 15.8 Å². The summed E-state index contributed by atoms with van der Waals surface area (Å²) in [5.41, 5.74) is 1.35. The zero-order chi connectivity index (χ0) is 16.4. The van der Waals surface area contributed by atoms with Gasteiger partial charge in [-0.25, -0.2) is 4.68 Å². The molecule has 1 N–H and O–H groups in total. The first kappa shape index (κ1) is 15.3. The van der Waals surface area contributed by atoms with Crippen LogP contribution in [0, 0.1) is 5.92 Å². The molecule has 1 aromatic carbocycles. The molecule has 1 amide bonds. The Morgan fingerprint density at radius 3 is 2.65 bits per heavy atom. The molecule has 2 heterocycles. The first-order valence-electron chi connectivity index (χ1n) is 7.70. The number of rotatable bonds is 3. The second-order valence-corrected chi connectivity index (χ2v) is 5.93. The number of aromatic nitrogens is 2. The number of amides is 1. The summed E-state index contributed by atoms with van der Waals surface area (Å²) in [7, 11) is 0. The Hall–Kier alpha value is -2.63. The quantitative estimate of drug-likeness (QED) is 0.942. The molecule has 1 aliphatic rings. The van der Waals surface area contributed by atoms with Crippen LogP contribution in [0.3, 0.4) is 0 Å². The molecular formula is C17H19N3O3. The molecule has 2 aromatic rings. The SMILES string of the molecule is CC1CCC(C(=O)O)CN1C(=O)c1cnn(-c2ccccc2)c1. The molecule has 1 fully saturated rings. The number of carbonyl (C=O) groups excluding carboxylic acids is 1. The molecule has 0 bridgehead atoms. The number of para-hydroxylation sites is 1. The number of aliphatic carboxylic acids is 1. The average Bonchev–Trinajstić information content (AvgIpc) is 3.05. The Morgan fingerprint density at radius 1 is 1.22 bits per heavy atom. The van der Waals surface area contributed by atoms with Crippen molar-refractivity contribution >= 4 is 11.9 Å². The molecule has 0 spiro atoms. The van der Waals surface area contributed by atoms with Crippen LogP contribution in [0.2, 0.25) is 0 Å². The molecule has 3 rings (SSSR count). The molecule has 2 unspecified atom stereocenters. The van der Waals surface area contributed by atoms with E-state index in [1.165, 1.54) is 6.20 Å². The molecule has 0 saturated carbocycles. The van der Waals surface area contributed by atoms with Crippen molar-refractivity contribution in [1.82, 2.24) is 14.7 Å². The number of benzene rings is 1. The zero-order valence-electron chi connectivity index (χ0n) is 12.9. The third kappa shape index (κ3) is 3.11. The van der Waals surface area contributed by atoms with Gasteiger partial charge in [0.2, 0.25) is 0 Å². The molecule has 0 aliphatic carbocycles. The number of carbonyl (C=O) groups is 2. The largest absolute Gasteiger partial charge is 0.481 e. The fourth-order valence-electron chi connectivity index (χ4n) is 2.91. The highest BCUT2D eigenvalue weighted by Gasteiger charge is 2.33. The monoisotopic (exact) mass is 313 g/mol. The van der Waals surface area contributed by atoms with Crippen LogP contribution in [-0.2, 0) is 4.79 Å². The lowest BCUT2D eigenvalue weighted by Gasteiger charge is -2.36. The molecule has 23 heavy (non-hydrogen) atoms. The molecule has 120 valence electrons. The predicted octanol–water partition coefficient (Wildman–Crippen LogP) is 2.20. The van der Waals surface area contributed by atoms with Gasteiger partial charge in [-0.3, -0.25) is 9.59 Å². The second kappa shape index (κ2) is 6.24. The molecule has 1 saturated heterocycles. The van der Waals surface area contributed by atoms with E-state index in [-0.39, 0.29) is 18.5 Å². The Labute approximate surface area is 134 Å². The molecule has 1 aliphatic heterocycles. The fourth-order valence-corrected chi connectivity index (χ4v) is 2.91. The van der Waals surface area contributed by atoms with Crippen LogP contribution < -0.4 is 0 Å². The summed E-state index contributed by atoms with van der Waals surface area (Å²) in [5.74, 6) is -1.49. The smallest absolute Gasteiger partial charge is 0.308 e. The summed E-state index contributed by atoms with van der Waals surface area (Å²) >= 11 is 0. The minimum atomic E-state index is -0.838. The first-order valence-corrected chi connectivity index (χ1v) is 7.70. The van der Waals surface area contributed by atoms with E-state index in [2.05, 4.69) is 5.10 Å². The van der Waals surface area contributed by atoms with Crippen LogP contribution in [0.4, 0.5) is 0 Å². The molecule has 6 nitrogen and oxygen atoms in total. The van der Waals surface area contributed by atoms with Crippen molar-refractivity contribution in [2.24, 2.45) is 5.92 Å². The van der Waals surface area contributed by atoms with Crippen LogP contribution in [0.15, 0.2) is 42.7 Å². The summed E-state index contributed by atoms with van der Waals surface area (Å²) in [6, 6.07) is 9.58. The van der Waals surface area contributed by atoms with Crippen molar-refractivity contribution in [3.63, 3.8) is 0 Å². The maximum Gasteiger partial charge on any atom is 0.308 e. The van der Waals surface area contributed by atoms with Crippen LogP contribution in [0.25, 0.3) is 5.69 Å². The van der Waals surface area contributed by atoms with Gasteiger partial charge >= 0.3 is 5.97 Å². The zero-order valence-corrected chi connectivity index (χ0v) is 12.9. The van der Waals surface area contributed by atoms with Gasteiger partial charge < -0.3 is 10.0 Å². The predicted molar refractivity (Wildman–Crippen MR) is 84.4 cm³/mol. The van der Waals surface area contributed by atoms with Crippen LogP contribution >= 0.6 is 0 Å². The summed E-state index contributed by atoms with van der Waals surface area (Å²) < 4.78 is 1.65. The van der Waals surface area contributed by atoms with Gasteiger partial charge in [-0.1, -0.05) is 18.2 Å². The summed E-state index contributed by atoms with van der Waals surface area (Å²) in [4.78, 5) is 25.6. The van der Waals surface area contributed by atoms with Gasteiger partial charge in [-0.2, -0.15) is 5.10 Å². The van der Waals surface area contributed by atoms with Crippen molar-refractivity contribution in [1.29, 1.82) is 0 Å². The number of carboxylic acids is 1. The Kier molecular flexibility index (Phi) is 4.14. The number of hydrogen-bond donors (Lipinski definition) is 1. The van der Waals surface area contributed by atoms with Gasteiger partial charge in [0.15, 0.2) is 0 Å². The van der Waals surface area contributed by atoms with Crippen LogP contribution in [-0.4, -0.2) is 44.3 Å². The minimum Gasteiger partial charge on any atom is -0.481 e. The molecule has 6 heteroatoms. The van der Waals surface area contributed by atoms with Gasteiger partial charge in [0.25, 0.3) is 5.91 Å². The summed E-state index contributed by atoms with van der Waals surface area (Å²) in [6.45, 7) is 2.21. The summed E-state index contributed by atoms with van der Waals surface area (Å²) in [6.07, 6.45) is 4.54. The summed E-state index contributed by atoms with van der Waals surface area (Å²) in [5, 5.41) is 13.4. The first-order chi connectivity index (χ1) is 11.1. The lowest BCUT2D eigenvalue weighted by Crippen LogP contribution is -2.47. The van der Waals surface area contributed by atoms with Gasteiger partial charge in [0, 0.05) is 18.8 Å². The Balaban J connectivity index is 1.80. The van der Waals surface area contributed by atoms with Gasteiger partial charge in [-0.15, -0.1) is 0 Å². The van der Waals surface area contributed by atoms with Crippen molar-refractivity contribution in [2.75, 3.05) is 6.54 Å². The second-order valence-electron chi connectivity index (χ2n) is 5.93. The highest BCUT2D eigenvalue weighted by Crippen LogP contribution is 2.24. The van der Waals surface area contributed by atoms with E-state index < -0.39 is 11.9 Å². The van der Waals surface area contributed by atoms with Crippen molar-refractivity contribution < 1.29 is 14.7 Å². The van der Waals surface area contributed by atoms with E-state index in [9.17, 15) is 14.7 Å². The van der Waals surface area contributed by atoms with Crippen LogP contribution in [0.1, 0.15) is 30.1 Å². The highest BCUT2D eigenvalue weighted by molar-refractivity contribution is 5.94. The maximum atomic E-state index is 12.7. The van der Waals surface area contributed by atoms with Gasteiger partial charge in [0.05, 0.1) is 23.4 Å². The van der Waals surface area contributed by atoms with Gasteiger partial charge in [-0.05, 0) is 31.9 Å². The van der Waals surface area contributed by atoms with Gasteiger partial charge in [0.1, 0.15) is 0 Å². The average molecular weight is 313 g/mol. The molecule has 1 aromatic heterocycles. The maximum absolute atomic E-state index is 12.7. The van der Waals surface area contributed by atoms with E-state index in [4.69, 9.17) is 0 Å². The fraction of sp³-hybridized carbons (Fsp3) is 0.353. The Bertz CT molecular complexity index is 711. The third-order valence-corrected chi connectivity index (χ3v) is 4.34. The number of piperidine rings is 1. The lowest BCUT2D eigenvalue weighted by atomic mass is 9.93. The van der Waals surface area contributed by atoms with E-state index >= 15 is 0 Å². The van der Waals surface area contributed by atoms with E-state index in [0.717, 1.165) is 5.69 Å². The number of nitrogens with zero attached hydrogens (tertiary/aromatic N) is 3. The highest BCUT2D eigenvalue weighted by atomic mass is 16.4. The van der Waals surface area contributed by atoms with E-state index in [1.807, 2.05) is 37.3 Å². The number of carboxylic acid groups (broad SMARTS) is 1.